The molecule has 1 atom stereocenters. The van der Waals surface area contributed by atoms with Gasteiger partial charge in [0.1, 0.15) is 5.37 Å². The van der Waals surface area contributed by atoms with Crippen molar-refractivity contribution < 1.29 is 19.5 Å². The third-order valence-corrected chi connectivity index (χ3v) is 4.28. The monoisotopic (exact) mass is 299 g/mol. The summed E-state index contributed by atoms with van der Waals surface area (Å²) < 4.78 is 0. The summed E-state index contributed by atoms with van der Waals surface area (Å²) in [5.74, 6) is -0.865. The number of Topliss-reactive ketones (excluding diaryl/α,β-unsaturated/α-hetero) is 1. The van der Waals surface area contributed by atoms with E-state index in [1.807, 2.05) is 6.92 Å². The van der Waals surface area contributed by atoms with E-state index in [1.54, 1.807) is 27.8 Å². The van der Waals surface area contributed by atoms with Crippen LogP contribution in [0.2, 0.25) is 0 Å². The zero-order valence-electron chi connectivity index (χ0n) is 12.5. The lowest BCUT2D eigenvalue weighted by Crippen LogP contribution is -2.33. The Morgan fingerprint density at radius 2 is 1.90 bits per heavy atom. The second-order valence-electron chi connectivity index (χ2n) is 5.77. The lowest BCUT2D eigenvalue weighted by atomic mass is 9.84. The molecule has 0 saturated carbocycles. The summed E-state index contributed by atoms with van der Waals surface area (Å²) >= 11 is 1.47. The van der Waals surface area contributed by atoms with E-state index in [0.29, 0.717) is 5.57 Å². The van der Waals surface area contributed by atoms with Crippen molar-refractivity contribution in [1.29, 1.82) is 0 Å². The molecule has 0 aromatic rings. The highest BCUT2D eigenvalue weighted by Crippen LogP contribution is 2.37. The van der Waals surface area contributed by atoms with Crippen LogP contribution in [0.1, 0.15) is 34.1 Å². The number of carboxylic acid groups (broad SMARTS) is 1. The Bertz CT molecular complexity index is 476. The molecule has 5 nitrogen and oxygen atoms in total. The number of aliphatic carboxylic acids is 1. The van der Waals surface area contributed by atoms with Gasteiger partial charge in [0.2, 0.25) is 0 Å². The van der Waals surface area contributed by atoms with Gasteiger partial charge in [0.05, 0.1) is 6.42 Å². The quantitative estimate of drug-likeness (QED) is 0.839. The van der Waals surface area contributed by atoms with Crippen molar-refractivity contribution in [3.8, 4) is 0 Å². The van der Waals surface area contributed by atoms with E-state index in [9.17, 15) is 14.4 Å². The molecule has 0 aromatic carbocycles. The minimum atomic E-state index is -1.09. The molecular weight excluding hydrogens is 278 g/mol. The maximum absolute atomic E-state index is 12.6. The summed E-state index contributed by atoms with van der Waals surface area (Å²) in [6.45, 7) is 7.27. The number of ketones is 1. The third-order valence-electron chi connectivity index (χ3n) is 3.08. The fourth-order valence-electron chi connectivity index (χ4n) is 2.11. The Morgan fingerprint density at radius 3 is 2.30 bits per heavy atom. The highest BCUT2D eigenvalue weighted by molar-refractivity contribution is 8.00. The van der Waals surface area contributed by atoms with Crippen molar-refractivity contribution >= 4 is 29.4 Å². The number of rotatable bonds is 5. The van der Waals surface area contributed by atoms with Crippen molar-refractivity contribution in [3.63, 3.8) is 0 Å². The average Bonchev–Trinajstić information content (AvgIpc) is 2.53. The molecule has 0 radical (unpaired) electrons. The highest BCUT2D eigenvalue weighted by atomic mass is 32.2. The van der Waals surface area contributed by atoms with Crippen LogP contribution in [-0.4, -0.2) is 45.8 Å². The van der Waals surface area contributed by atoms with E-state index in [1.165, 1.54) is 16.7 Å². The van der Waals surface area contributed by atoms with Crippen molar-refractivity contribution in [2.45, 2.75) is 39.5 Å². The molecule has 0 fully saturated rings. The molecular formula is C14H21NO4S. The molecule has 0 saturated heterocycles. The third kappa shape index (κ3) is 3.23. The van der Waals surface area contributed by atoms with Gasteiger partial charge in [-0.3, -0.25) is 14.4 Å². The minimum Gasteiger partial charge on any atom is -0.481 e. The van der Waals surface area contributed by atoms with Gasteiger partial charge in [-0.1, -0.05) is 27.7 Å². The van der Waals surface area contributed by atoms with Gasteiger partial charge >= 0.3 is 5.97 Å². The largest absolute Gasteiger partial charge is 0.481 e. The van der Waals surface area contributed by atoms with Gasteiger partial charge < -0.3 is 10.0 Å². The molecule has 1 aliphatic rings. The number of thioether (sulfide) groups is 1. The van der Waals surface area contributed by atoms with Gasteiger partial charge in [0.25, 0.3) is 5.91 Å². The van der Waals surface area contributed by atoms with Gasteiger partial charge in [0.15, 0.2) is 5.78 Å². The fraction of sp³-hybridized carbons (Fsp3) is 0.643. The van der Waals surface area contributed by atoms with Crippen LogP contribution in [0.4, 0.5) is 0 Å². The predicted molar refractivity (Wildman–Crippen MR) is 78.4 cm³/mol. The summed E-state index contributed by atoms with van der Waals surface area (Å²) in [4.78, 5) is 37.2. The number of amides is 1. The minimum absolute atomic E-state index is 0.130. The van der Waals surface area contributed by atoms with Gasteiger partial charge in [-0.15, -0.1) is 11.8 Å². The number of carbonyl (C=O) groups excluding carboxylic acids is 2. The Kier molecular flexibility index (Phi) is 5.02. The maximum atomic E-state index is 12.6. The number of carboxylic acids is 1. The molecule has 20 heavy (non-hydrogen) atoms. The van der Waals surface area contributed by atoms with Crippen molar-refractivity contribution in [3.05, 3.63) is 11.1 Å². The SMILES string of the molecule is CCS[C@@H]1C(C(=O)C(C)(C)C)=C(CC(=O)O)C(=O)N1C. The summed E-state index contributed by atoms with van der Waals surface area (Å²) in [6.07, 6.45) is -0.402. The average molecular weight is 299 g/mol. The molecule has 0 aromatic heterocycles. The highest BCUT2D eigenvalue weighted by Gasteiger charge is 2.43. The van der Waals surface area contributed by atoms with Crippen LogP contribution >= 0.6 is 11.8 Å². The Labute approximate surface area is 123 Å². The van der Waals surface area contributed by atoms with E-state index < -0.39 is 17.8 Å². The first-order valence-electron chi connectivity index (χ1n) is 6.49. The van der Waals surface area contributed by atoms with E-state index in [4.69, 9.17) is 5.11 Å². The maximum Gasteiger partial charge on any atom is 0.308 e. The molecule has 0 unspecified atom stereocenters. The first kappa shape index (κ1) is 16.8. The van der Waals surface area contributed by atoms with Crippen LogP contribution in [0, 0.1) is 5.41 Å². The summed E-state index contributed by atoms with van der Waals surface area (Å²) in [5, 5.41) is 8.59. The van der Waals surface area contributed by atoms with Crippen LogP contribution in [-0.2, 0) is 14.4 Å². The first-order valence-corrected chi connectivity index (χ1v) is 7.54. The molecule has 1 rings (SSSR count). The Balaban J connectivity index is 3.35. The number of hydrogen-bond acceptors (Lipinski definition) is 4. The molecule has 1 N–H and O–H groups in total. The molecule has 0 aliphatic carbocycles. The van der Waals surface area contributed by atoms with Crippen LogP contribution in [0.3, 0.4) is 0 Å². The topological polar surface area (TPSA) is 74.7 Å². The molecule has 1 aliphatic heterocycles. The standard InChI is InChI=1S/C14H21NO4S/c1-6-20-13-10(11(18)14(2,3)4)8(7-9(16)17)12(19)15(13)5/h13H,6-7H2,1-5H3,(H,16,17)/t13-/m1/s1. The van der Waals surface area contributed by atoms with Crippen molar-refractivity contribution in [1.82, 2.24) is 4.90 Å². The molecule has 6 heteroatoms. The Morgan fingerprint density at radius 1 is 1.35 bits per heavy atom. The molecule has 0 bridgehead atoms. The zero-order valence-corrected chi connectivity index (χ0v) is 13.3. The van der Waals surface area contributed by atoms with E-state index >= 15 is 0 Å². The summed E-state index contributed by atoms with van der Waals surface area (Å²) in [7, 11) is 1.61. The molecule has 112 valence electrons. The lowest BCUT2D eigenvalue weighted by molar-refractivity contribution is -0.137. The summed E-state index contributed by atoms with van der Waals surface area (Å²) in [6, 6.07) is 0. The normalized spacial score (nSPS) is 19.8. The molecule has 1 amide bonds. The van der Waals surface area contributed by atoms with Crippen molar-refractivity contribution in [2.24, 2.45) is 5.41 Å². The van der Waals surface area contributed by atoms with E-state index in [-0.39, 0.29) is 22.6 Å². The number of nitrogens with zero attached hydrogens (tertiary/aromatic N) is 1. The second kappa shape index (κ2) is 5.99. The van der Waals surface area contributed by atoms with Crippen molar-refractivity contribution in [2.75, 3.05) is 12.8 Å². The summed E-state index contributed by atoms with van der Waals surface area (Å²) in [5.41, 5.74) is -0.151. The van der Waals surface area contributed by atoms with Crippen LogP contribution in [0.5, 0.6) is 0 Å². The van der Waals surface area contributed by atoms with Gasteiger partial charge in [-0.2, -0.15) is 0 Å². The Hall–Kier alpha value is -1.30. The predicted octanol–water partition coefficient (Wildman–Crippen LogP) is 1.92. The van der Waals surface area contributed by atoms with Gasteiger partial charge in [-0.25, -0.2) is 0 Å². The number of likely N-dealkylation sites (N-methyl/N-ethyl adjacent to an activating group) is 1. The molecule has 0 spiro atoms. The fourth-order valence-corrected chi connectivity index (χ4v) is 3.16. The zero-order chi connectivity index (χ0) is 15.7. The number of carbonyl (C=O) groups is 3. The van der Waals surface area contributed by atoms with Crippen LogP contribution < -0.4 is 0 Å². The molecule has 1 heterocycles. The van der Waals surface area contributed by atoms with Crippen LogP contribution in [0.25, 0.3) is 0 Å². The lowest BCUT2D eigenvalue weighted by Gasteiger charge is -2.25. The van der Waals surface area contributed by atoms with E-state index in [2.05, 4.69) is 0 Å². The first-order chi connectivity index (χ1) is 9.11. The smallest absolute Gasteiger partial charge is 0.308 e. The number of hydrogen-bond donors (Lipinski definition) is 1. The van der Waals surface area contributed by atoms with E-state index in [0.717, 1.165) is 5.75 Å². The second-order valence-corrected chi connectivity index (χ2v) is 7.12. The van der Waals surface area contributed by atoms with Crippen LogP contribution in [0.15, 0.2) is 11.1 Å². The van der Waals surface area contributed by atoms with Gasteiger partial charge in [-0.05, 0) is 5.75 Å². The van der Waals surface area contributed by atoms with Gasteiger partial charge in [0, 0.05) is 23.6 Å².